The Bertz CT molecular complexity index is 464. The predicted octanol–water partition coefficient (Wildman–Crippen LogP) is -0.0957. The van der Waals surface area contributed by atoms with Crippen LogP contribution in [0.3, 0.4) is 0 Å². The Kier molecular flexibility index (Phi) is 5.09. The van der Waals surface area contributed by atoms with E-state index in [0.717, 1.165) is 19.4 Å². The number of rotatable bonds is 3. The van der Waals surface area contributed by atoms with Crippen molar-refractivity contribution in [3.8, 4) is 0 Å². The van der Waals surface area contributed by atoms with E-state index in [1.807, 2.05) is 11.0 Å². The summed E-state index contributed by atoms with van der Waals surface area (Å²) in [4.78, 5) is 25.3. The first-order valence-corrected chi connectivity index (χ1v) is 6.70. The van der Waals surface area contributed by atoms with Gasteiger partial charge in [0.05, 0.1) is 12.6 Å². The van der Waals surface area contributed by atoms with E-state index in [9.17, 15) is 14.7 Å². The van der Waals surface area contributed by atoms with Crippen LogP contribution in [0.5, 0.6) is 0 Å². The molecule has 108 valence electrons. The van der Waals surface area contributed by atoms with Gasteiger partial charge >= 0.3 is 0 Å². The maximum Gasteiger partial charge on any atom is 0.269 e. The van der Waals surface area contributed by atoms with Crippen molar-refractivity contribution in [2.75, 3.05) is 19.6 Å². The summed E-state index contributed by atoms with van der Waals surface area (Å²) in [5, 5.41) is 9.52. The number of aliphatic hydroxyl groups is 1. The minimum Gasteiger partial charge on any atom is -0.392 e. The Balaban J connectivity index is 1.73. The van der Waals surface area contributed by atoms with Crippen LogP contribution >= 0.6 is 0 Å². The Morgan fingerprint density at radius 3 is 2.70 bits per heavy atom. The number of carbonyl (C=O) groups excluding carboxylic acids is 2. The smallest absolute Gasteiger partial charge is 0.269 e. The van der Waals surface area contributed by atoms with Crippen LogP contribution in [0.25, 0.3) is 0 Å². The third kappa shape index (κ3) is 4.32. The van der Waals surface area contributed by atoms with Crippen molar-refractivity contribution in [3.63, 3.8) is 0 Å². The van der Waals surface area contributed by atoms with Gasteiger partial charge < -0.3 is 5.11 Å². The molecule has 2 amide bonds. The summed E-state index contributed by atoms with van der Waals surface area (Å²) < 4.78 is 0. The van der Waals surface area contributed by atoms with Crippen LogP contribution in [0.4, 0.5) is 0 Å². The number of hydrazine groups is 1. The summed E-state index contributed by atoms with van der Waals surface area (Å²) in [6.45, 7) is 1.46. The summed E-state index contributed by atoms with van der Waals surface area (Å²) in [5.41, 5.74) is 5.24. The van der Waals surface area contributed by atoms with Gasteiger partial charge in [0.15, 0.2) is 0 Å². The fourth-order valence-electron chi connectivity index (χ4n) is 2.21. The van der Waals surface area contributed by atoms with Crippen molar-refractivity contribution >= 4 is 11.8 Å². The predicted molar refractivity (Wildman–Crippen MR) is 73.7 cm³/mol. The maximum absolute atomic E-state index is 11.7. The van der Waals surface area contributed by atoms with Crippen molar-refractivity contribution in [2.45, 2.75) is 18.9 Å². The molecule has 1 heterocycles. The Morgan fingerprint density at radius 1 is 1.25 bits per heavy atom. The first kappa shape index (κ1) is 14.5. The molecule has 0 radical (unpaired) electrons. The number of benzene rings is 1. The van der Waals surface area contributed by atoms with Crippen LogP contribution < -0.4 is 10.9 Å². The number of carbonyl (C=O) groups is 2. The lowest BCUT2D eigenvalue weighted by molar-refractivity contribution is -0.123. The third-order valence-corrected chi connectivity index (χ3v) is 3.20. The lowest BCUT2D eigenvalue weighted by Gasteiger charge is -2.29. The number of amides is 2. The summed E-state index contributed by atoms with van der Waals surface area (Å²) in [5.74, 6) is -0.638. The molecule has 6 nitrogen and oxygen atoms in total. The van der Waals surface area contributed by atoms with Gasteiger partial charge in [0.2, 0.25) is 0 Å². The number of nitrogens with zero attached hydrogens (tertiary/aromatic N) is 1. The molecule has 1 saturated heterocycles. The van der Waals surface area contributed by atoms with Crippen molar-refractivity contribution < 1.29 is 14.7 Å². The quantitative estimate of drug-likeness (QED) is 0.674. The van der Waals surface area contributed by atoms with E-state index in [1.54, 1.807) is 24.3 Å². The van der Waals surface area contributed by atoms with E-state index in [1.165, 1.54) is 0 Å². The van der Waals surface area contributed by atoms with Gasteiger partial charge in [-0.05, 0) is 31.5 Å². The van der Waals surface area contributed by atoms with Gasteiger partial charge in [-0.2, -0.15) is 0 Å². The van der Waals surface area contributed by atoms with Gasteiger partial charge in [0, 0.05) is 12.1 Å². The molecule has 2 rings (SSSR count). The third-order valence-electron chi connectivity index (χ3n) is 3.20. The van der Waals surface area contributed by atoms with Crippen molar-refractivity contribution in [1.29, 1.82) is 0 Å². The Morgan fingerprint density at radius 2 is 2.00 bits per heavy atom. The van der Waals surface area contributed by atoms with Gasteiger partial charge in [0.1, 0.15) is 0 Å². The summed E-state index contributed by atoms with van der Waals surface area (Å²) in [6.07, 6.45) is 1.30. The molecule has 0 bridgehead atoms. The summed E-state index contributed by atoms with van der Waals surface area (Å²) >= 11 is 0. The minimum atomic E-state index is -0.365. The molecule has 1 aliphatic heterocycles. The molecule has 0 saturated carbocycles. The highest BCUT2D eigenvalue weighted by atomic mass is 16.3. The van der Waals surface area contributed by atoms with Crippen LogP contribution in [0.1, 0.15) is 23.2 Å². The zero-order valence-corrected chi connectivity index (χ0v) is 11.2. The topological polar surface area (TPSA) is 81.7 Å². The van der Waals surface area contributed by atoms with Crippen LogP contribution in [0.15, 0.2) is 30.3 Å². The average Bonchev–Trinajstić information content (AvgIpc) is 2.46. The molecule has 3 N–H and O–H groups in total. The Labute approximate surface area is 117 Å². The number of β-amino-alcohol motifs (C(OH)–C–C–N with tert-alkyl or cyclic N) is 1. The van der Waals surface area contributed by atoms with E-state index in [-0.39, 0.29) is 24.5 Å². The second-order valence-electron chi connectivity index (χ2n) is 4.90. The molecule has 1 atom stereocenters. The van der Waals surface area contributed by atoms with Crippen LogP contribution in [0, 0.1) is 0 Å². The number of aliphatic hydroxyl groups excluding tert-OH is 1. The van der Waals surface area contributed by atoms with Crippen molar-refractivity contribution in [3.05, 3.63) is 35.9 Å². The number of hydrogen-bond acceptors (Lipinski definition) is 4. The average molecular weight is 277 g/mol. The lowest BCUT2D eigenvalue weighted by atomic mass is 10.1. The molecular weight excluding hydrogens is 258 g/mol. The highest BCUT2D eigenvalue weighted by Crippen LogP contribution is 2.08. The first-order valence-electron chi connectivity index (χ1n) is 6.70. The first-order chi connectivity index (χ1) is 9.65. The van der Waals surface area contributed by atoms with E-state index < -0.39 is 0 Å². The fraction of sp³-hybridized carbons (Fsp3) is 0.429. The molecule has 0 spiro atoms. The molecule has 1 aromatic rings. The van der Waals surface area contributed by atoms with Gasteiger partial charge in [0.25, 0.3) is 11.8 Å². The zero-order chi connectivity index (χ0) is 14.4. The molecule has 0 aliphatic carbocycles. The van der Waals surface area contributed by atoms with E-state index in [0.29, 0.717) is 12.1 Å². The standard InChI is InChI=1S/C14H19N3O3/c18-12-7-4-8-17(9-12)10-13(19)15-16-14(20)11-5-2-1-3-6-11/h1-3,5-6,12,18H,4,7-10H2,(H,15,19)(H,16,20). The highest BCUT2D eigenvalue weighted by molar-refractivity contribution is 5.95. The van der Waals surface area contributed by atoms with Gasteiger partial charge in [-0.25, -0.2) is 0 Å². The van der Waals surface area contributed by atoms with Crippen LogP contribution in [0.2, 0.25) is 0 Å². The van der Waals surface area contributed by atoms with Crippen LogP contribution in [-0.2, 0) is 4.79 Å². The fourth-order valence-corrected chi connectivity index (χ4v) is 2.21. The molecular formula is C14H19N3O3. The second kappa shape index (κ2) is 7.02. The molecule has 1 aromatic carbocycles. The normalized spacial score (nSPS) is 19.4. The molecule has 0 aromatic heterocycles. The zero-order valence-electron chi connectivity index (χ0n) is 11.2. The van der Waals surface area contributed by atoms with Gasteiger partial charge in [-0.1, -0.05) is 18.2 Å². The summed E-state index contributed by atoms with van der Waals surface area (Å²) in [6, 6.07) is 8.67. The van der Waals surface area contributed by atoms with E-state index in [2.05, 4.69) is 10.9 Å². The molecule has 1 unspecified atom stereocenters. The summed E-state index contributed by atoms with van der Waals surface area (Å²) in [7, 11) is 0. The highest BCUT2D eigenvalue weighted by Gasteiger charge is 2.19. The largest absolute Gasteiger partial charge is 0.392 e. The molecule has 6 heteroatoms. The van der Waals surface area contributed by atoms with E-state index >= 15 is 0 Å². The molecule has 1 fully saturated rings. The number of likely N-dealkylation sites (tertiary alicyclic amines) is 1. The van der Waals surface area contributed by atoms with E-state index in [4.69, 9.17) is 0 Å². The minimum absolute atomic E-state index is 0.173. The number of piperidine rings is 1. The number of hydrogen-bond donors (Lipinski definition) is 3. The van der Waals surface area contributed by atoms with Crippen molar-refractivity contribution in [1.82, 2.24) is 15.8 Å². The SMILES string of the molecule is O=C(CN1CCCC(O)C1)NNC(=O)c1ccccc1. The second-order valence-corrected chi connectivity index (χ2v) is 4.90. The molecule has 20 heavy (non-hydrogen) atoms. The molecule has 1 aliphatic rings. The van der Waals surface area contributed by atoms with Crippen molar-refractivity contribution in [2.24, 2.45) is 0 Å². The Hall–Kier alpha value is -1.92. The number of nitrogens with one attached hydrogen (secondary N) is 2. The monoisotopic (exact) mass is 277 g/mol. The maximum atomic E-state index is 11.7. The van der Waals surface area contributed by atoms with Gasteiger partial charge in [-0.3, -0.25) is 25.3 Å². The van der Waals surface area contributed by atoms with Gasteiger partial charge in [-0.15, -0.1) is 0 Å². The lowest BCUT2D eigenvalue weighted by Crippen LogP contribution is -2.49. The van der Waals surface area contributed by atoms with Crippen LogP contribution in [-0.4, -0.2) is 47.6 Å².